The number of anilines is 4. The number of nitrogens with two attached hydrogens (primary N) is 1. The van der Waals surface area contributed by atoms with Crippen LogP contribution in [0.4, 0.5) is 27.4 Å². The third-order valence-electron chi connectivity index (χ3n) is 3.37. The summed E-state index contributed by atoms with van der Waals surface area (Å²) in [5, 5.41) is 6.21. The third-order valence-corrected chi connectivity index (χ3v) is 3.66. The SMILES string of the molecule is Nc1c(NCc2ccccc2)ncnc1Nc1ccc(F)c(Cl)c1. The number of nitrogens with zero attached hydrogens (tertiary/aromatic N) is 2. The Hall–Kier alpha value is -2.86. The Morgan fingerprint density at radius 3 is 2.54 bits per heavy atom. The molecule has 0 saturated heterocycles. The van der Waals surface area contributed by atoms with Gasteiger partial charge in [-0.1, -0.05) is 41.9 Å². The van der Waals surface area contributed by atoms with Crippen LogP contribution < -0.4 is 16.4 Å². The average molecular weight is 344 g/mol. The summed E-state index contributed by atoms with van der Waals surface area (Å²) < 4.78 is 13.2. The second-order valence-corrected chi connectivity index (χ2v) is 5.48. The zero-order valence-electron chi connectivity index (χ0n) is 12.6. The Balaban J connectivity index is 1.76. The number of hydrogen-bond acceptors (Lipinski definition) is 5. The summed E-state index contributed by atoms with van der Waals surface area (Å²) in [5.41, 5.74) is 8.17. The number of benzene rings is 2. The van der Waals surface area contributed by atoms with E-state index in [4.69, 9.17) is 17.3 Å². The van der Waals surface area contributed by atoms with Crippen molar-refractivity contribution in [3.8, 4) is 0 Å². The van der Waals surface area contributed by atoms with Gasteiger partial charge in [0.15, 0.2) is 11.6 Å². The van der Waals surface area contributed by atoms with Crippen LogP contribution >= 0.6 is 11.6 Å². The van der Waals surface area contributed by atoms with Crippen LogP contribution in [0.1, 0.15) is 5.56 Å². The van der Waals surface area contributed by atoms with Gasteiger partial charge in [-0.15, -0.1) is 0 Å². The monoisotopic (exact) mass is 343 g/mol. The minimum absolute atomic E-state index is 0.0232. The maximum Gasteiger partial charge on any atom is 0.159 e. The Labute approximate surface area is 143 Å². The van der Waals surface area contributed by atoms with E-state index in [9.17, 15) is 4.39 Å². The molecule has 122 valence electrons. The molecule has 4 N–H and O–H groups in total. The highest BCUT2D eigenvalue weighted by Gasteiger charge is 2.09. The first-order valence-corrected chi connectivity index (χ1v) is 7.61. The van der Waals surface area contributed by atoms with Gasteiger partial charge >= 0.3 is 0 Å². The fraction of sp³-hybridized carbons (Fsp3) is 0.0588. The quantitative estimate of drug-likeness (QED) is 0.647. The van der Waals surface area contributed by atoms with Crippen LogP contribution in [0.2, 0.25) is 5.02 Å². The predicted molar refractivity (Wildman–Crippen MR) is 94.9 cm³/mol. The van der Waals surface area contributed by atoms with E-state index in [2.05, 4.69) is 20.6 Å². The van der Waals surface area contributed by atoms with Gasteiger partial charge in [-0.3, -0.25) is 0 Å². The van der Waals surface area contributed by atoms with Gasteiger partial charge in [0, 0.05) is 12.2 Å². The Morgan fingerprint density at radius 1 is 1.04 bits per heavy atom. The lowest BCUT2D eigenvalue weighted by molar-refractivity contribution is 0.628. The summed E-state index contributed by atoms with van der Waals surface area (Å²) in [5.74, 6) is 0.455. The summed E-state index contributed by atoms with van der Waals surface area (Å²) in [4.78, 5) is 8.27. The van der Waals surface area contributed by atoms with Crippen molar-refractivity contribution in [2.45, 2.75) is 6.54 Å². The highest BCUT2D eigenvalue weighted by molar-refractivity contribution is 6.31. The predicted octanol–water partition coefficient (Wildman–Crippen LogP) is 4.21. The molecule has 0 spiro atoms. The van der Waals surface area contributed by atoms with Crippen molar-refractivity contribution in [1.29, 1.82) is 0 Å². The molecule has 0 atom stereocenters. The lowest BCUT2D eigenvalue weighted by Crippen LogP contribution is -2.08. The van der Waals surface area contributed by atoms with Crippen molar-refractivity contribution in [2.75, 3.05) is 16.4 Å². The largest absolute Gasteiger partial charge is 0.393 e. The molecule has 0 bridgehead atoms. The Kier molecular flexibility index (Phi) is 4.77. The first-order valence-electron chi connectivity index (χ1n) is 7.24. The van der Waals surface area contributed by atoms with Crippen LogP contribution in [-0.4, -0.2) is 9.97 Å². The second-order valence-electron chi connectivity index (χ2n) is 5.08. The standard InChI is InChI=1S/C17H15ClFN5/c18-13-8-12(6-7-14(13)19)24-17-15(20)16(22-10-23-17)21-9-11-4-2-1-3-5-11/h1-8,10H,9,20H2,(H2,21,22,23,24). The number of hydrogen-bond donors (Lipinski definition) is 3. The van der Waals surface area contributed by atoms with Crippen molar-refractivity contribution in [3.63, 3.8) is 0 Å². The van der Waals surface area contributed by atoms with Gasteiger partial charge in [-0.25, -0.2) is 14.4 Å². The topological polar surface area (TPSA) is 75.9 Å². The molecule has 0 fully saturated rings. The molecular formula is C17H15ClFN5. The molecular weight excluding hydrogens is 329 g/mol. The van der Waals surface area contributed by atoms with Crippen LogP contribution in [0.5, 0.6) is 0 Å². The summed E-state index contributed by atoms with van der Waals surface area (Å²) >= 11 is 5.78. The molecule has 5 nitrogen and oxygen atoms in total. The average Bonchev–Trinajstić information content (AvgIpc) is 2.60. The van der Waals surface area contributed by atoms with E-state index in [0.29, 0.717) is 29.6 Å². The number of aromatic nitrogens is 2. The lowest BCUT2D eigenvalue weighted by Gasteiger charge is -2.13. The Bertz CT molecular complexity index is 842. The number of nitrogen functional groups attached to an aromatic ring is 1. The molecule has 0 unspecified atom stereocenters. The smallest absolute Gasteiger partial charge is 0.159 e. The molecule has 0 saturated carbocycles. The molecule has 0 aliphatic heterocycles. The second kappa shape index (κ2) is 7.14. The maximum atomic E-state index is 13.2. The lowest BCUT2D eigenvalue weighted by atomic mass is 10.2. The zero-order chi connectivity index (χ0) is 16.9. The van der Waals surface area contributed by atoms with Crippen LogP contribution in [0, 0.1) is 5.82 Å². The molecule has 3 aromatic rings. The first-order chi connectivity index (χ1) is 11.6. The maximum absolute atomic E-state index is 13.2. The van der Waals surface area contributed by atoms with E-state index >= 15 is 0 Å². The Morgan fingerprint density at radius 2 is 1.79 bits per heavy atom. The number of halogens is 2. The first kappa shape index (κ1) is 16.0. The van der Waals surface area contributed by atoms with Crippen LogP contribution in [0.25, 0.3) is 0 Å². The summed E-state index contributed by atoms with van der Waals surface area (Å²) in [6, 6.07) is 14.2. The van der Waals surface area contributed by atoms with Gasteiger partial charge in [-0.05, 0) is 23.8 Å². The van der Waals surface area contributed by atoms with E-state index in [1.54, 1.807) is 6.07 Å². The van der Waals surface area contributed by atoms with Crippen molar-refractivity contribution in [3.05, 3.63) is 71.3 Å². The summed E-state index contributed by atoms with van der Waals surface area (Å²) in [6.45, 7) is 0.587. The molecule has 7 heteroatoms. The van der Waals surface area contributed by atoms with Crippen LogP contribution in [-0.2, 0) is 6.54 Å². The zero-order valence-corrected chi connectivity index (χ0v) is 13.4. The van der Waals surface area contributed by atoms with Crippen molar-refractivity contribution < 1.29 is 4.39 Å². The minimum atomic E-state index is -0.483. The molecule has 0 aliphatic carbocycles. The molecule has 2 aromatic carbocycles. The van der Waals surface area contributed by atoms with E-state index in [0.717, 1.165) is 5.56 Å². The van der Waals surface area contributed by atoms with Gasteiger partial charge in [0.05, 0.1) is 5.02 Å². The summed E-state index contributed by atoms with van der Waals surface area (Å²) in [7, 11) is 0. The third kappa shape index (κ3) is 3.72. The van der Waals surface area contributed by atoms with E-state index in [1.807, 2.05) is 30.3 Å². The van der Waals surface area contributed by atoms with Gasteiger partial charge in [-0.2, -0.15) is 0 Å². The van der Waals surface area contributed by atoms with E-state index < -0.39 is 5.82 Å². The van der Waals surface area contributed by atoms with Gasteiger partial charge in [0.1, 0.15) is 17.8 Å². The number of nitrogens with one attached hydrogen (secondary N) is 2. The van der Waals surface area contributed by atoms with Crippen LogP contribution in [0.15, 0.2) is 54.9 Å². The highest BCUT2D eigenvalue weighted by Crippen LogP contribution is 2.28. The molecule has 24 heavy (non-hydrogen) atoms. The van der Waals surface area contributed by atoms with E-state index in [-0.39, 0.29) is 5.02 Å². The molecule has 0 aliphatic rings. The fourth-order valence-corrected chi connectivity index (χ4v) is 2.31. The molecule has 1 heterocycles. The van der Waals surface area contributed by atoms with E-state index in [1.165, 1.54) is 18.5 Å². The van der Waals surface area contributed by atoms with Crippen molar-refractivity contribution >= 4 is 34.6 Å². The number of rotatable bonds is 5. The molecule has 0 amide bonds. The summed E-state index contributed by atoms with van der Waals surface area (Å²) in [6.07, 6.45) is 1.40. The van der Waals surface area contributed by atoms with Crippen molar-refractivity contribution in [1.82, 2.24) is 9.97 Å². The fourth-order valence-electron chi connectivity index (χ4n) is 2.13. The van der Waals surface area contributed by atoms with Gasteiger partial charge in [0.2, 0.25) is 0 Å². The molecule has 3 rings (SSSR count). The van der Waals surface area contributed by atoms with Crippen molar-refractivity contribution in [2.24, 2.45) is 0 Å². The molecule has 1 aromatic heterocycles. The van der Waals surface area contributed by atoms with Gasteiger partial charge in [0.25, 0.3) is 0 Å². The van der Waals surface area contributed by atoms with Crippen LogP contribution in [0.3, 0.4) is 0 Å². The van der Waals surface area contributed by atoms with Gasteiger partial charge < -0.3 is 16.4 Å². The molecule has 0 radical (unpaired) electrons. The normalized spacial score (nSPS) is 10.4. The minimum Gasteiger partial charge on any atom is -0.393 e. The highest BCUT2D eigenvalue weighted by atomic mass is 35.5.